The van der Waals surface area contributed by atoms with Crippen LogP contribution in [0.4, 0.5) is 5.69 Å². The van der Waals surface area contributed by atoms with E-state index in [4.69, 9.17) is 0 Å². The van der Waals surface area contributed by atoms with Gasteiger partial charge in [-0.2, -0.15) is 5.10 Å². The molecule has 0 bridgehead atoms. The van der Waals surface area contributed by atoms with E-state index < -0.39 is 0 Å². The standard InChI is InChI=1S/C13H11N5O2/c19-12-5-11(17-18-12)8-1-3-10(4-2-8)16-13(20)9-6-14-15-7-9/h1-7H,(H,14,15)(H,16,20)(H2,17,18,19). The van der Waals surface area contributed by atoms with Crippen LogP contribution < -0.4 is 10.9 Å². The van der Waals surface area contributed by atoms with Gasteiger partial charge in [0, 0.05) is 18.0 Å². The van der Waals surface area contributed by atoms with Crippen molar-refractivity contribution in [2.45, 2.75) is 0 Å². The second kappa shape index (κ2) is 4.88. The summed E-state index contributed by atoms with van der Waals surface area (Å²) in [5, 5.41) is 14.3. The average molecular weight is 269 g/mol. The largest absolute Gasteiger partial charge is 0.322 e. The van der Waals surface area contributed by atoms with Gasteiger partial charge in [-0.1, -0.05) is 12.1 Å². The lowest BCUT2D eigenvalue weighted by molar-refractivity contribution is 0.102. The van der Waals surface area contributed by atoms with E-state index in [-0.39, 0.29) is 11.5 Å². The van der Waals surface area contributed by atoms with E-state index in [1.807, 2.05) is 12.1 Å². The van der Waals surface area contributed by atoms with Crippen LogP contribution in [0.5, 0.6) is 0 Å². The Balaban J connectivity index is 1.76. The minimum absolute atomic E-state index is 0.183. The van der Waals surface area contributed by atoms with Crippen molar-refractivity contribution < 1.29 is 4.79 Å². The molecule has 7 nitrogen and oxygen atoms in total. The van der Waals surface area contributed by atoms with Gasteiger partial charge in [0.05, 0.1) is 17.5 Å². The van der Waals surface area contributed by atoms with E-state index in [1.54, 1.807) is 12.1 Å². The second-order valence-electron chi connectivity index (χ2n) is 4.19. The highest BCUT2D eigenvalue weighted by atomic mass is 16.1. The van der Waals surface area contributed by atoms with Gasteiger partial charge in [-0.3, -0.25) is 24.9 Å². The Morgan fingerprint density at radius 1 is 1.15 bits per heavy atom. The van der Waals surface area contributed by atoms with Gasteiger partial charge < -0.3 is 5.32 Å². The highest BCUT2D eigenvalue weighted by Crippen LogP contribution is 2.18. The smallest absolute Gasteiger partial charge is 0.264 e. The van der Waals surface area contributed by atoms with Crippen LogP contribution in [-0.4, -0.2) is 26.3 Å². The number of carbonyl (C=O) groups is 1. The van der Waals surface area contributed by atoms with Crippen molar-refractivity contribution in [3.8, 4) is 11.3 Å². The molecule has 20 heavy (non-hydrogen) atoms. The van der Waals surface area contributed by atoms with Crippen molar-refractivity contribution in [2.75, 3.05) is 5.32 Å². The number of amides is 1. The van der Waals surface area contributed by atoms with Crippen molar-refractivity contribution in [3.05, 3.63) is 58.6 Å². The van der Waals surface area contributed by atoms with Crippen molar-refractivity contribution in [3.63, 3.8) is 0 Å². The topological polar surface area (TPSA) is 106 Å². The molecule has 3 rings (SSSR count). The van der Waals surface area contributed by atoms with Crippen LogP contribution in [0.2, 0.25) is 0 Å². The Bertz CT molecular complexity index is 768. The molecule has 100 valence electrons. The number of hydrogen-bond donors (Lipinski definition) is 4. The molecule has 0 atom stereocenters. The summed E-state index contributed by atoms with van der Waals surface area (Å²) in [6.45, 7) is 0. The Morgan fingerprint density at radius 3 is 2.55 bits per heavy atom. The normalized spacial score (nSPS) is 10.4. The number of nitrogens with zero attached hydrogens (tertiary/aromatic N) is 1. The molecule has 1 aromatic carbocycles. The number of benzene rings is 1. The molecule has 3 aromatic rings. The Hall–Kier alpha value is -3.09. The van der Waals surface area contributed by atoms with Gasteiger partial charge in [0.15, 0.2) is 0 Å². The number of aromatic amines is 3. The lowest BCUT2D eigenvalue weighted by Crippen LogP contribution is -2.10. The molecule has 0 spiro atoms. The van der Waals surface area contributed by atoms with Crippen LogP contribution in [0, 0.1) is 0 Å². The zero-order valence-electron chi connectivity index (χ0n) is 10.3. The number of H-pyrrole nitrogens is 3. The molecule has 2 heterocycles. The molecule has 0 aliphatic carbocycles. The molecule has 7 heteroatoms. The predicted molar refractivity (Wildman–Crippen MR) is 73.4 cm³/mol. The number of hydrogen-bond acceptors (Lipinski definition) is 3. The highest BCUT2D eigenvalue weighted by Gasteiger charge is 2.07. The number of nitrogens with one attached hydrogen (secondary N) is 4. The van der Waals surface area contributed by atoms with E-state index in [1.165, 1.54) is 18.5 Å². The maximum atomic E-state index is 11.8. The molecule has 0 aliphatic heterocycles. The molecule has 0 unspecified atom stereocenters. The van der Waals surface area contributed by atoms with Crippen LogP contribution in [0.1, 0.15) is 10.4 Å². The summed E-state index contributed by atoms with van der Waals surface area (Å²) in [5.41, 5.74) is 2.49. The van der Waals surface area contributed by atoms with Gasteiger partial charge in [-0.05, 0) is 17.7 Å². The van der Waals surface area contributed by atoms with E-state index in [0.29, 0.717) is 16.9 Å². The first-order valence-electron chi connectivity index (χ1n) is 5.90. The summed E-state index contributed by atoms with van der Waals surface area (Å²) in [6, 6.07) is 8.62. The van der Waals surface area contributed by atoms with E-state index in [0.717, 1.165) is 5.56 Å². The van der Waals surface area contributed by atoms with Gasteiger partial charge in [0.25, 0.3) is 11.5 Å². The van der Waals surface area contributed by atoms with Crippen LogP contribution >= 0.6 is 0 Å². The number of anilines is 1. The lowest BCUT2D eigenvalue weighted by atomic mass is 10.1. The van der Waals surface area contributed by atoms with Crippen LogP contribution in [0.3, 0.4) is 0 Å². The third kappa shape index (κ3) is 2.37. The van der Waals surface area contributed by atoms with Gasteiger partial charge in [0.2, 0.25) is 0 Å². The summed E-state index contributed by atoms with van der Waals surface area (Å²) in [5.74, 6) is -0.235. The van der Waals surface area contributed by atoms with Crippen molar-refractivity contribution >= 4 is 11.6 Å². The highest BCUT2D eigenvalue weighted by molar-refractivity contribution is 6.03. The average Bonchev–Trinajstić information content (AvgIpc) is 3.10. The Kier molecular flexibility index (Phi) is 2.92. The van der Waals surface area contributed by atoms with Crippen LogP contribution in [-0.2, 0) is 0 Å². The fourth-order valence-corrected chi connectivity index (χ4v) is 1.80. The maximum absolute atomic E-state index is 11.8. The van der Waals surface area contributed by atoms with Gasteiger partial charge in [-0.15, -0.1) is 0 Å². The molecule has 0 saturated carbocycles. The molecular weight excluding hydrogens is 258 g/mol. The summed E-state index contributed by atoms with van der Waals surface area (Å²) in [4.78, 5) is 22.9. The number of carbonyl (C=O) groups excluding carboxylic acids is 1. The molecule has 0 aliphatic rings. The monoisotopic (exact) mass is 269 g/mol. The molecule has 4 N–H and O–H groups in total. The predicted octanol–water partition coefficient (Wildman–Crippen LogP) is 1.35. The van der Waals surface area contributed by atoms with Crippen molar-refractivity contribution in [1.82, 2.24) is 20.4 Å². The zero-order chi connectivity index (χ0) is 13.9. The summed E-state index contributed by atoms with van der Waals surface area (Å²) >= 11 is 0. The minimum atomic E-state index is -0.235. The lowest BCUT2D eigenvalue weighted by Gasteiger charge is -2.04. The Labute approximate surface area is 113 Å². The van der Waals surface area contributed by atoms with E-state index in [2.05, 4.69) is 25.7 Å². The van der Waals surface area contributed by atoms with Crippen LogP contribution in [0.15, 0.2) is 47.5 Å². The maximum Gasteiger partial charge on any atom is 0.264 e. The summed E-state index contributed by atoms with van der Waals surface area (Å²) in [6.07, 6.45) is 2.97. The van der Waals surface area contributed by atoms with E-state index in [9.17, 15) is 9.59 Å². The van der Waals surface area contributed by atoms with Crippen molar-refractivity contribution in [1.29, 1.82) is 0 Å². The molecule has 1 amide bonds. The number of rotatable bonds is 3. The van der Waals surface area contributed by atoms with Gasteiger partial charge in [0.1, 0.15) is 0 Å². The first-order valence-corrected chi connectivity index (χ1v) is 5.90. The first kappa shape index (κ1) is 12.0. The second-order valence-corrected chi connectivity index (χ2v) is 4.19. The first-order chi connectivity index (χ1) is 9.72. The van der Waals surface area contributed by atoms with Crippen LogP contribution in [0.25, 0.3) is 11.3 Å². The fraction of sp³-hybridized carbons (Fsp3) is 0. The third-order valence-corrected chi connectivity index (χ3v) is 2.81. The zero-order valence-corrected chi connectivity index (χ0v) is 10.3. The number of aromatic nitrogens is 4. The van der Waals surface area contributed by atoms with Gasteiger partial charge in [-0.25, -0.2) is 0 Å². The third-order valence-electron chi connectivity index (χ3n) is 2.81. The quantitative estimate of drug-likeness (QED) is 0.576. The molecule has 2 aromatic heterocycles. The summed E-state index contributed by atoms with van der Waals surface area (Å²) in [7, 11) is 0. The SMILES string of the molecule is O=C(Nc1ccc(-c2cc(=O)[nH][nH]2)cc1)c1cn[nH]c1. The molecule has 0 radical (unpaired) electrons. The molecule has 0 saturated heterocycles. The van der Waals surface area contributed by atoms with Crippen molar-refractivity contribution in [2.24, 2.45) is 0 Å². The molecular formula is C13H11N5O2. The van der Waals surface area contributed by atoms with E-state index >= 15 is 0 Å². The fourth-order valence-electron chi connectivity index (χ4n) is 1.80. The molecule has 0 fully saturated rings. The Morgan fingerprint density at radius 2 is 1.95 bits per heavy atom. The summed E-state index contributed by atoms with van der Waals surface area (Å²) < 4.78 is 0. The minimum Gasteiger partial charge on any atom is -0.322 e. The van der Waals surface area contributed by atoms with Gasteiger partial charge >= 0.3 is 0 Å².